The maximum absolute atomic E-state index is 11.8. The minimum absolute atomic E-state index is 0.0293. The van der Waals surface area contributed by atoms with Gasteiger partial charge in [0, 0.05) is 38.2 Å². The lowest BCUT2D eigenvalue weighted by Gasteiger charge is -2.19. The van der Waals surface area contributed by atoms with Gasteiger partial charge in [-0.1, -0.05) is 23.2 Å². The van der Waals surface area contributed by atoms with Crippen LogP contribution in [0, 0.1) is 10.1 Å². The molecule has 0 atom stereocenters. The SMILES string of the molecule is CCN(CC)C(=O)CCNc1c(Cl)cc([N+](=O)[O-])cc1Cl. The first kappa shape index (κ1) is 17.5. The molecule has 0 heterocycles. The molecule has 1 aromatic rings. The highest BCUT2D eigenvalue weighted by atomic mass is 35.5. The van der Waals surface area contributed by atoms with Crippen LogP contribution in [0.2, 0.25) is 10.0 Å². The van der Waals surface area contributed by atoms with Crippen LogP contribution in [0.1, 0.15) is 20.3 Å². The highest BCUT2D eigenvalue weighted by Crippen LogP contribution is 2.34. The first-order valence-corrected chi connectivity index (χ1v) is 7.31. The lowest BCUT2D eigenvalue weighted by atomic mass is 10.2. The molecule has 0 unspecified atom stereocenters. The molecule has 6 nitrogen and oxygen atoms in total. The van der Waals surface area contributed by atoms with E-state index in [4.69, 9.17) is 23.2 Å². The molecule has 0 saturated carbocycles. The minimum Gasteiger partial charge on any atom is -0.382 e. The van der Waals surface area contributed by atoms with Crippen LogP contribution in [-0.4, -0.2) is 35.4 Å². The van der Waals surface area contributed by atoms with Crippen molar-refractivity contribution in [1.29, 1.82) is 0 Å². The number of hydrogen-bond acceptors (Lipinski definition) is 4. The van der Waals surface area contributed by atoms with Crippen molar-refractivity contribution in [2.75, 3.05) is 25.0 Å². The summed E-state index contributed by atoms with van der Waals surface area (Å²) in [6.45, 7) is 5.51. The molecule has 0 radical (unpaired) electrons. The van der Waals surface area contributed by atoms with E-state index in [1.54, 1.807) is 4.90 Å². The Morgan fingerprint density at radius 1 is 1.29 bits per heavy atom. The molecule has 1 N–H and O–H groups in total. The van der Waals surface area contributed by atoms with Gasteiger partial charge in [-0.3, -0.25) is 14.9 Å². The predicted octanol–water partition coefficient (Wildman–Crippen LogP) is 3.57. The van der Waals surface area contributed by atoms with Gasteiger partial charge in [0.25, 0.3) is 5.69 Å². The smallest absolute Gasteiger partial charge is 0.272 e. The number of benzene rings is 1. The highest BCUT2D eigenvalue weighted by Gasteiger charge is 2.15. The van der Waals surface area contributed by atoms with Gasteiger partial charge < -0.3 is 10.2 Å². The molecule has 1 amide bonds. The molecule has 0 aliphatic heterocycles. The molecule has 0 bridgehead atoms. The number of nitro groups is 1. The molecule has 0 aliphatic rings. The monoisotopic (exact) mass is 333 g/mol. The van der Waals surface area contributed by atoms with Crippen molar-refractivity contribution in [3.8, 4) is 0 Å². The second kappa shape index (κ2) is 8.05. The summed E-state index contributed by atoms with van der Waals surface area (Å²) in [5.41, 5.74) is 0.228. The van der Waals surface area contributed by atoms with Gasteiger partial charge >= 0.3 is 0 Å². The van der Waals surface area contributed by atoms with Crippen molar-refractivity contribution >= 4 is 40.5 Å². The summed E-state index contributed by atoms with van der Waals surface area (Å²) in [7, 11) is 0. The van der Waals surface area contributed by atoms with E-state index in [1.165, 1.54) is 12.1 Å². The van der Waals surface area contributed by atoms with E-state index in [-0.39, 0.29) is 21.6 Å². The molecule has 8 heteroatoms. The third-order valence-electron chi connectivity index (χ3n) is 2.99. The standard InChI is InChI=1S/C13H17Cl2N3O3/c1-3-17(4-2)12(19)5-6-16-13-10(14)7-9(18(20)21)8-11(13)15/h7-8,16H,3-6H2,1-2H3. The zero-order valence-electron chi connectivity index (χ0n) is 11.9. The van der Waals surface area contributed by atoms with Gasteiger partial charge in [-0.15, -0.1) is 0 Å². The van der Waals surface area contributed by atoms with Crippen LogP contribution in [0.15, 0.2) is 12.1 Å². The van der Waals surface area contributed by atoms with Crippen LogP contribution in [0.25, 0.3) is 0 Å². The van der Waals surface area contributed by atoms with Crippen LogP contribution in [0.3, 0.4) is 0 Å². The van der Waals surface area contributed by atoms with E-state index >= 15 is 0 Å². The zero-order valence-corrected chi connectivity index (χ0v) is 13.4. The summed E-state index contributed by atoms with van der Waals surface area (Å²) in [5.74, 6) is 0.0293. The van der Waals surface area contributed by atoms with Crippen LogP contribution < -0.4 is 5.32 Å². The van der Waals surface area contributed by atoms with E-state index in [0.717, 1.165) is 0 Å². The molecular formula is C13H17Cl2N3O3. The Hall–Kier alpha value is -1.53. The highest BCUT2D eigenvalue weighted by molar-refractivity contribution is 6.39. The molecule has 0 spiro atoms. The van der Waals surface area contributed by atoms with Crippen molar-refractivity contribution < 1.29 is 9.72 Å². The maximum atomic E-state index is 11.8. The fourth-order valence-electron chi connectivity index (χ4n) is 1.86. The Bertz CT molecular complexity index is 510. The van der Waals surface area contributed by atoms with Gasteiger partial charge in [-0.25, -0.2) is 0 Å². The van der Waals surface area contributed by atoms with Gasteiger partial charge in [0.2, 0.25) is 5.91 Å². The zero-order chi connectivity index (χ0) is 16.0. The average Bonchev–Trinajstić information content (AvgIpc) is 2.42. The van der Waals surface area contributed by atoms with Crippen LogP contribution in [-0.2, 0) is 4.79 Å². The molecule has 0 saturated heterocycles. The largest absolute Gasteiger partial charge is 0.382 e. The fourth-order valence-corrected chi connectivity index (χ4v) is 2.47. The van der Waals surface area contributed by atoms with Gasteiger partial charge in [0.1, 0.15) is 0 Å². The van der Waals surface area contributed by atoms with Crippen molar-refractivity contribution in [3.63, 3.8) is 0 Å². The maximum Gasteiger partial charge on any atom is 0.272 e. The van der Waals surface area contributed by atoms with Crippen LogP contribution >= 0.6 is 23.2 Å². The third kappa shape index (κ3) is 4.75. The second-order valence-corrected chi connectivity index (χ2v) is 5.10. The number of non-ortho nitro benzene ring substituents is 1. The van der Waals surface area contributed by atoms with E-state index in [2.05, 4.69) is 5.32 Å². The number of rotatable bonds is 7. The quantitative estimate of drug-likeness (QED) is 0.611. The number of nitro benzene ring substituents is 1. The normalized spacial score (nSPS) is 10.3. The third-order valence-corrected chi connectivity index (χ3v) is 3.59. The molecule has 21 heavy (non-hydrogen) atoms. The molecular weight excluding hydrogens is 317 g/mol. The van der Waals surface area contributed by atoms with E-state index < -0.39 is 4.92 Å². The molecule has 1 rings (SSSR count). The van der Waals surface area contributed by atoms with Crippen molar-refractivity contribution in [3.05, 3.63) is 32.3 Å². The summed E-state index contributed by atoms with van der Waals surface area (Å²) < 4.78 is 0. The summed E-state index contributed by atoms with van der Waals surface area (Å²) in [4.78, 5) is 23.7. The van der Waals surface area contributed by atoms with Crippen molar-refractivity contribution in [2.45, 2.75) is 20.3 Å². The van der Waals surface area contributed by atoms with Gasteiger partial charge in [-0.05, 0) is 13.8 Å². The van der Waals surface area contributed by atoms with Gasteiger partial charge in [0.15, 0.2) is 0 Å². The fraction of sp³-hybridized carbons (Fsp3) is 0.462. The topological polar surface area (TPSA) is 75.5 Å². The van der Waals surface area contributed by atoms with Crippen molar-refractivity contribution in [1.82, 2.24) is 4.90 Å². The lowest BCUT2D eigenvalue weighted by Crippen LogP contribution is -2.31. The summed E-state index contributed by atoms with van der Waals surface area (Å²) in [6.07, 6.45) is 0.297. The van der Waals surface area contributed by atoms with E-state index in [1.807, 2.05) is 13.8 Å². The lowest BCUT2D eigenvalue weighted by molar-refractivity contribution is -0.384. The molecule has 0 fully saturated rings. The molecule has 116 valence electrons. The molecule has 0 aliphatic carbocycles. The number of halogens is 2. The minimum atomic E-state index is -0.564. The summed E-state index contributed by atoms with van der Waals surface area (Å²) in [5, 5.41) is 13.9. The van der Waals surface area contributed by atoms with Crippen LogP contribution in [0.4, 0.5) is 11.4 Å². The number of carbonyl (C=O) groups is 1. The molecule has 0 aromatic heterocycles. The number of anilines is 1. The first-order chi connectivity index (χ1) is 9.90. The van der Waals surface area contributed by atoms with E-state index in [0.29, 0.717) is 31.7 Å². The average molecular weight is 334 g/mol. The second-order valence-electron chi connectivity index (χ2n) is 4.28. The first-order valence-electron chi connectivity index (χ1n) is 6.55. The number of hydrogen-bond donors (Lipinski definition) is 1. The Morgan fingerprint density at radius 3 is 2.24 bits per heavy atom. The number of amides is 1. The molecule has 1 aromatic carbocycles. The number of nitrogens with zero attached hydrogens (tertiary/aromatic N) is 2. The Morgan fingerprint density at radius 2 is 1.81 bits per heavy atom. The number of nitrogens with one attached hydrogen (secondary N) is 1. The predicted molar refractivity (Wildman–Crippen MR) is 84.2 cm³/mol. The van der Waals surface area contributed by atoms with Gasteiger partial charge in [-0.2, -0.15) is 0 Å². The Labute approximate surface area is 133 Å². The number of carbonyl (C=O) groups excluding carboxylic acids is 1. The van der Waals surface area contributed by atoms with Crippen LogP contribution in [0.5, 0.6) is 0 Å². The summed E-state index contributed by atoms with van der Waals surface area (Å²) >= 11 is 11.9. The van der Waals surface area contributed by atoms with E-state index in [9.17, 15) is 14.9 Å². The van der Waals surface area contributed by atoms with Gasteiger partial charge in [0.05, 0.1) is 20.7 Å². The Kier molecular flexibility index (Phi) is 6.71. The summed E-state index contributed by atoms with van der Waals surface area (Å²) in [6, 6.07) is 2.45. The van der Waals surface area contributed by atoms with Crippen molar-refractivity contribution in [2.24, 2.45) is 0 Å². The Balaban J connectivity index is 2.68.